The van der Waals surface area contributed by atoms with Gasteiger partial charge in [0.25, 0.3) is 0 Å². The molecule has 0 bridgehead atoms. The van der Waals surface area contributed by atoms with Crippen LogP contribution >= 0.6 is 12.2 Å². The van der Waals surface area contributed by atoms with E-state index in [0.29, 0.717) is 6.04 Å². The van der Waals surface area contributed by atoms with Crippen molar-refractivity contribution in [1.82, 2.24) is 10.2 Å². The van der Waals surface area contributed by atoms with Crippen LogP contribution in [0.2, 0.25) is 0 Å². The van der Waals surface area contributed by atoms with E-state index in [2.05, 4.69) is 10.2 Å². The van der Waals surface area contributed by atoms with Crippen molar-refractivity contribution in [2.45, 2.75) is 69.9 Å². The van der Waals surface area contributed by atoms with Crippen LogP contribution in [0.15, 0.2) is 0 Å². The summed E-state index contributed by atoms with van der Waals surface area (Å²) in [6.45, 7) is 1.19. The van der Waals surface area contributed by atoms with Crippen LogP contribution in [0.4, 0.5) is 0 Å². The summed E-state index contributed by atoms with van der Waals surface area (Å²) < 4.78 is 0. The highest BCUT2D eigenvalue weighted by Crippen LogP contribution is 2.34. The van der Waals surface area contributed by atoms with Crippen LogP contribution in [0.3, 0.4) is 0 Å². The van der Waals surface area contributed by atoms with Crippen LogP contribution in [0, 0.1) is 5.92 Å². The Hall–Kier alpha value is -0.310. The second-order valence-corrected chi connectivity index (χ2v) is 6.41. The Morgan fingerprint density at radius 3 is 2.41 bits per heavy atom. The second-order valence-electron chi connectivity index (χ2n) is 6.02. The lowest BCUT2D eigenvalue weighted by molar-refractivity contribution is 0.218. The molecule has 2 aliphatic carbocycles. The molecule has 2 nitrogen and oxygen atoms in total. The van der Waals surface area contributed by atoms with Gasteiger partial charge in [0.1, 0.15) is 0 Å². The van der Waals surface area contributed by atoms with Crippen LogP contribution in [-0.2, 0) is 0 Å². The lowest BCUT2D eigenvalue weighted by atomic mass is 9.83. The van der Waals surface area contributed by atoms with Crippen molar-refractivity contribution in [2.24, 2.45) is 5.92 Å². The first-order chi connectivity index (χ1) is 8.34. The summed E-state index contributed by atoms with van der Waals surface area (Å²) >= 11 is 5.59. The van der Waals surface area contributed by atoms with Crippen molar-refractivity contribution in [3.63, 3.8) is 0 Å². The minimum Gasteiger partial charge on any atom is -0.360 e. The second kappa shape index (κ2) is 5.13. The Kier molecular flexibility index (Phi) is 3.55. The molecular weight excluding hydrogens is 228 g/mol. The van der Waals surface area contributed by atoms with E-state index >= 15 is 0 Å². The van der Waals surface area contributed by atoms with Crippen LogP contribution in [0.5, 0.6) is 0 Å². The first-order valence-electron chi connectivity index (χ1n) is 7.42. The zero-order valence-electron chi connectivity index (χ0n) is 10.7. The van der Waals surface area contributed by atoms with Crippen molar-refractivity contribution in [1.29, 1.82) is 0 Å². The third-order valence-electron chi connectivity index (χ3n) is 4.66. The zero-order valence-corrected chi connectivity index (χ0v) is 11.5. The van der Waals surface area contributed by atoms with Crippen molar-refractivity contribution in [3.05, 3.63) is 0 Å². The van der Waals surface area contributed by atoms with Gasteiger partial charge in [-0.3, -0.25) is 0 Å². The molecule has 0 aromatic heterocycles. The quantitative estimate of drug-likeness (QED) is 0.760. The molecule has 3 fully saturated rings. The van der Waals surface area contributed by atoms with Crippen LogP contribution in [0.25, 0.3) is 0 Å². The summed E-state index contributed by atoms with van der Waals surface area (Å²) in [5.74, 6) is 0.921. The van der Waals surface area contributed by atoms with E-state index < -0.39 is 0 Å². The number of likely N-dealkylation sites (tertiary alicyclic amines) is 1. The lowest BCUT2D eigenvalue weighted by Crippen LogP contribution is -2.46. The van der Waals surface area contributed by atoms with E-state index in [1.165, 1.54) is 64.3 Å². The van der Waals surface area contributed by atoms with E-state index in [4.69, 9.17) is 12.2 Å². The van der Waals surface area contributed by atoms with E-state index in [9.17, 15) is 0 Å². The van der Waals surface area contributed by atoms with Gasteiger partial charge in [0.15, 0.2) is 5.11 Å². The number of nitrogens with zero attached hydrogens (tertiary/aromatic N) is 1. The predicted octanol–water partition coefficient (Wildman–Crippen LogP) is 3.07. The molecule has 1 atom stereocenters. The minimum absolute atomic E-state index is 0.704. The number of thiocarbonyl (C=S) groups is 1. The highest BCUT2D eigenvalue weighted by atomic mass is 32.1. The fourth-order valence-electron chi connectivity index (χ4n) is 3.54. The lowest BCUT2D eigenvalue weighted by Gasteiger charge is -2.35. The third kappa shape index (κ3) is 2.75. The molecule has 3 heteroatoms. The Labute approximate surface area is 110 Å². The van der Waals surface area contributed by atoms with Gasteiger partial charge in [0.2, 0.25) is 0 Å². The monoisotopic (exact) mass is 252 g/mol. The third-order valence-corrected chi connectivity index (χ3v) is 5.01. The van der Waals surface area contributed by atoms with E-state index in [-0.39, 0.29) is 0 Å². The molecule has 96 valence electrons. The Morgan fingerprint density at radius 1 is 0.941 bits per heavy atom. The highest BCUT2D eigenvalue weighted by Gasteiger charge is 2.35. The van der Waals surface area contributed by atoms with Crippen LogP contribution < -0.4 is 5.32 Å². The summed E-state index contributed by atoms with van der Waals surface area (Å²) in [7, 11) is 0. The van der Waals surface area contributed by atoms with Crippen molar-refractivity contribution >= 4 is 17.3 Å². The average molecular weight is 252 g/mol. The summed E-state index contributed by atoms with van der Waals surface area (Å²) in [6.07, 6.45) is 12.6. The number of rotatable bonds is 2. The van der Waals surface area contributed by atoms with E-state index in [1.54, 1.807) is 0 Å². The van der Waals surface area contributed by atoms with Gasteiger partial charge in [0.05, 0.1) is 0 Å². The SMILES string of the molecule is S=C(NC1CC1)N1CCCC1C1CCCCC1. The maximum Gasteiger partial charge on any atom is 0.169 e. The number of hydrogen-bond donors (Lipinski definition) is 1. The number of hydrogen-bond acceptors (Lipinski definition) is 1. The highest BCUT2D eigenvalue weighted by molar-refractivity contribution is 7.80. The van der Waals surface area contributed by atoms with Crippen LogP contribution in [0.1, 0.15) is 57.8 Å². The van der Waals surface area contributed by atoms with Crippen LogP contribution in [-0.4, -0.2) is 28.6 Å². The zero-order chi connectivity index (χ0) is 11.7. The molecule has 0 spiro atoms. The molecule has 0 aromatic carbocycles. The van der Waals surface area contributed by atoms with Crippen molar-refractivity contribution in [3.8, 4) is 0 Å². The van der Waals surface area contributed by atoms with Gasteiger partial charge in [-0.15, -0.1) is 0 Å². The van der Waals surface area contributed by atoms with Gasteiger partial charge in [-0.2, -0.15) is 0 Å². The van der Waals surface area contributed by atoms with Gasteiger partial charge in [-0.25, -0.2) is 0 Å². The fourth-order valence-corrected chi connectivity index (χ4v) is 3.93. The van der Waals surface area contributed by atoms with Gasteiger partial charge in [-0.05, 0) is 56.7 Å². The molecule has 0 radical (unpaired) electrons. The topological polar surface area (TPSA) is 15.3 Å². The maximum absolute atomic E-state index is 5.59. The molecule has 1 N–H and O–H groups in total. The molecular formula is C14H24N2S. The van der Waals surface area contributed by atoms with E-state index in [1.807, 2.05) is 0 Å². The molecule has 1 saturated heterocycles. The van der Waals surface area contributed by atoms with Crippen molar-refractivity contribution < 1.29 is 0 Å². The Balaban J connectivity index is 1.59. The molecule has 1 heterocycles. The molecule has 1 unspecified atom stereocenters. The number of nitrogens with one attached hydrogen (secondary N) is 1. The largest absolute Gasteiger partial charge is 0.360 e. The normalized spacial score (nSPS) is 30.6. The van der Waals surface area contributed by atoms with Gasteiger partial charge < -0.3 is 10.2 Å². The predicted molar refractivity (Wildman–Crippen MR) is 75.1 cm³/mol. The summed E-state index contributed by atoms with van der Waals surface area (Å²) in [6, 6.07) is 1.46. The fraction of sp³-hybridized carbons (Fsp3) is 0.929. The van der Waals surface area contributed by atoms with Gasteiger partial charge in [0, 0.05) is 18.6 Å². The average Bonchev–Trinajstić information content (AvgIpc) is 3.04. The molecule has 3 aliphatic rings. The minimum atomic E-state index is 0.704. The summed E-state index contributed by atoms with van der Waals surface area (Å²) in [5.41, 5.74) is 0. The Bertz CT molecular complexity index is 282. The standard InChI is InChI=1S/C14H24N2S/c17-14(15-12-8-9-12)16-10-4-7-13(16)11-5-2-1-3-6-11/h11-13H,1-10H2,(H,15,17). The molecule has 17 heavy (non-hydrogen) atoms. The smallest absolute Gasteiger partial charge is 0.169 e. The molecule has 3 rings (SSSR count). The molecule has 0 aromatic rings. The molecule has 1 aliphatic heterocycles. The summed E-state index contributed by atoms with van der Waals surface area (Å²) in [5, 5.41) is 4.58. The molecule has 0 amide bonds. The Morgan fingerprint density at radius 2 is 1.71 bits per heavy atom. The van der Waals surface area contributed by atoms with E-state index in [0.717, 1.165) is 17.1 Å². The van der Waals surface area contributed by atoms with Crippen molar-refractivity contribution in [2.75, 3.05) is 6.54 Å². The summed E-state index contributed by atoms with van der Waals surface area (Å²) in [4.78, 5) is 2.52. The first kappa shape index (κ1) is 11.8. The maximum atomic E-state index is 5.59. The van der Waals surface area contributed by atoms with Gasteiger partial charge >= 0.3 is 0 Å². The first-order valence-corrected chi connectivity index (χ1v) is 7.82. The van der Waals surface area contributed by atoms with Gasteiger partial charge in [-0.1, -0.05) is 19.3 Å². The molecule has 2 saturated carbocycles.